The molecule has 29 heavy (non-hydrogen) atoms. The van der Waals surface area contributed by atoms with Crippen LogP contribution in [0.1, 0.15) is 12.5 Å². The van der Waals surface area contributed by atoms with Gasteiger partial charge >= 0.3 is 0 Å². The first-order chi connectivity index (χ1) is 14.0. The molecule has 0 spiro atoms. The Balaban J connectivity index is 1.48. The molecule has 1 aromatic carbocycles. The topological polar surface area (TPSA) is 65.5 Å². The number of β-amino-alcohol motifs (C(OH)–C–C–N with tert-alkyl or cyclic N) is 1. The Kier molecular flexibility index (Phi) is 8.47. The molecule has 2 heterocycles. The molecular formula is C21H33N3O4S. The number of methoxy groups -OCH3 is 1. The quantitative estimate of drug-likeness (QED) is 0.673. The highest BCUT2D eigenvalue weighted by Gasteiger charge is 2.19. The number of carbonyl (C=O) groups excluding carboxylic acids is 1. The molecule has 0 aliphatic carbocycles. The van der Waals surface area contributed by atoms with E-state index in [0.29, 0.717) is 18.0 Å². The summed E-state index contributed by atoms with van der Waals surface area (Å²) in [5, 5.41) is 10.3. The van der Waals surface area contributed by atoms with Gasteiger partial charge in [-0.05, 0) is 17.7 Å². The van der Waals surface area contributed by atoms with Gasteiger partial charge in [-0.3, -0.25) is 14.6 Å². The maximum atomic E-state index is 11.5. The van der Waals surface area contributed by atoms with Gasteiger partial charge in [-0.15, -0.1) is 0 Å². The van der Waals surface area contributed by atoms with Crippen molar-refractivity contribution in [2.75, 3.05) is 71.0 Å². The van der Waals surface area contributed by atoms with E-state index in [2.05, 4.69) is 9.80 Å². The smallest absolute Gasteiger partial charge is 0.219 e. The number of thioether (sulfide) groups is 1. The molecule has 2 aliphatic rings. The maximum absolute atomic E-state index is 11.5. The van der Waals surface area contributed by atoms with Crippen molar-refractivity contribution >= 4 is 17.7 Å². The number of benzene rings is 1. The summed E-state index contributed by atoms with van der Waals surface area (Å²) in [6.07, 6.45) is -0.514. The molecule has 1 N–H and O–H groups in total. The van der Waals surface area contributed by atoms with Crippen molar-refractivity contribution in [1.29, 1.82) is 0 Å². The van der Waals surface area contributed by atoms with E-state index in [4.69, 9.17) is 9.47 Å². The average molecular weight is 424 g/mol. The summed E-state index contributed by atoms with van der Waals surface area (Å²) in [6.45, 7) is 8.71. The molecule has 3 rings (SSSR count). The molecule has 0 radical (unpaired) electrons. The summed E-state index contributed by atoms with van der Waals surface area (Å²) in [6, 6.07) is 5.97. The molecule has 1 atom stereocenters. The van der Waals surface area contributed by atoms with E-state index in [1.807, 2.05) is 34.9 Å². The average Bonchev–Trinajstić information content (AvgIpc) is 2.74. The SMILES string of the molecule is COc1cc(CN2CCN(C(C)=O)CC2)ccc1OC[C@H](O)CN1CCSCC1. The van der Waals surface area contributed by atoms with Crippen LogP contribution < -0.4 is 9.47 Å². The van der Waals surface area contributed by atoms with Gasteiger partial charge in [-0.2, -0.15) is 11.8 Å². The highest BCUT2D eigenvalue weighted by atomic mass is 32.2. The van der Waals surface area contributed by atoms with Gasteiger partial charge in [-0.25, -0.2) is 0 Å². The van der Waals surface area contributed by atoms with Crippen LogP contribution in [-0.4, -0.2) is 103 Å². The van der Waals surface area contributed by atoms with Crippen LogP contribution in [0.4, 0.5) is 0 Å². The molecular weight excluding hydrogens is 390 g/mol. The molecule has 8 heteroatoms. The Morgan fingerprint density at radius 2 is 1.83 bits per heavy atom. The van der Waals surface area contributed by atoms with Crippen LogP contribution in [0.15, 0.2) is 18.2 Å². The number of rotatable bonds is 8. The molecule has 0 aromatic heterocycles. The van der Waals surface area contributed by atoms with Gasteiger partial charge in [0.25, 0.3) is 0 Å². The molecule has 0 bridgehead atoms. The van der Waals surface area contributed by atoms with Gasteiger partial charge in [0.05, 0.1) is 7.11 Å². The zero-order valence-corrected chi connectivity index (χ0v) is 18.3. The van der Waals surface area contributed by atoms with Gasteiger partial charge in [0.1, 0.15) is 12.7 Å². The van der Waals surface area contributed by atoms with E-state index in [-0.39, 0.29) is 12.5 Å². The Hall–Kier alpha value is -1.48. The van der Waals surface area contributed by atoms with E-state index < -0.39 is 6.10 Å². The fourth-order valence-electron chi connectivity index (χ4n) is 3.73. The number of hydrogen-bond donors (Lipinski definition) is 1. The van der Waals surface area contributed by atoms with E-state index >= 15 is 0 Å². The van der Waals surface area contributed by atoms with Crippen LogP contribution in [0, 0.1) is 0 Å². The lowest BCUT2D eigenvalue weighted by Crippen LogP contribution is -2.47. The molecule has 0 unspecified atom stereocenters. The summed E-state index contributed by atoms with van der Waals surface area (Å²) in [7, 11) is 1.64. The van der Waals surface area contributed by atoms with Gasteiger partial charge in [-0.1, -0.05) is 6.07 Å². The lowest BCUT2D eigenvalue weighted by molar-refractivity contribution is -0.130. The molecule has 2 saturated heterocycles. The predicted molar refractivity (Wildman–Crippen MR) is 116 cm³/mol. The number of hydrogen-bond acceptors (Lipinski definition) is 7. The number of nitrogens with zero attached hydrogens (tertiary/aromatic N) is 3. The molecule has 1 aromatic rings. The molecule has 2 fully saturated rings. The maximum Gasteiger partial charge on any atom is 0.219 e. The molecule has 1 amide bonds. The van der Waals surface area contributed by atoms with Crippen molar-refractivity contribution in [3.63, 3.8) is 0 Å². The van der Waals surface area contributed by atoms with Gasteiger partial charge in [0, 0.05) is 70.8 Å². The summed E-state index contributed by atoms with van der Waals surface area (Å²) >= 11 is 1.96. The number of piperazine rings is 1. The highest BCUT2D eigenvalue weighted by Crippen LogP contribution is 2.29. The summed E-state index contributed by atoms with van der Waals surface area (Å²) < 4.78 is 11.4. The van der Waals surface area contributed by atoms with E-state index in [1.165, 1.54) is 0 Å². The van der Waals surface area contributed by atoms with Gasteiger partial charge < -0.3 is 19.5 Å². The van der Waals surface area contributed by atoms with Crippen molar-refractivity contribution in [3.05, 3.63) is 23.8 Å². The second-order valence-corrected chi connectivity index (χ2v) is 8.87. The monoisotopic (exact) mass is 423 g/mol. The first-order valence-electron chi connectivity index (χ1n) is 10.3. The number of aliphatic hydroxyl groups is 1. The lowest BCUT2D eigenvalue weighted by Gasteiger charge is -2.34. The third-order valence-electron chi connectivity index (χ3n) is 5.46. The van der Waals surface area contributed by atoms with Crippen LogP contribution in [0.25, 0.3) is 0 Å². The molecule has 162 valence electrons. The Labute approximate surface area is 177 Å². The minimum Gasteiger partial charge on any atom is -0.493 e. The van der Waals surface area contributed by atoms with Gasteiger partial charge in [0.2, 0.25) is 5.91 Å². The van der Waals surface area contributed by atoms with Crippen LogP contribution in [0.2, 0.25) is 0 Å². The van der Waals surface area contributed by atoms with Crippen molar-refractivity contribution in [2.24, 2.45) is 0 Å². The third-order valence-corrected chi connectivity index (χ3v) is 6.40. The number of carbonyl (C=O) groups is 1. The Bertz CT molecular complexity index is 661. The van der Waals surface area contributed by atoms with Crippen molar-refractivity contribution < 1.29 is 19.4 Å². The van der Waals surface area contributed by atoms with Crippen LogP contribution in [0.3, 0.4) is 0 Å². The van der Waals surface area contributed by atoms with Crippen molar-refractivity contribution in [3.8, 4) is 11.5 Å². The lowest BCUT2D eigenvalue weighted by atomic mass is 10.1. The second-order valence-electron chi connectivity index (χ2n) is 7.65. The number of amides is 1. The van der Waals surface area contributed by atoms with Crippen LogP contribution >= 0.6 is 11.8 Å². The number of ether oxygens (including phenoxy) is 2. The second kappa shape index (κ2) is 11.1. The van der Waals surface area contributed by atoms with E-state index in [0.717, 1.165) is 62.9 Å². The fraction of sp³-hybridized carbons (Fsp3) is 0.667. The fourth-order valence-corrected chi connectivity index (χ4v) is 4.71. The third kappa shape index (κ3) is 6.77. The first kappa shape index (κ1) is 22.2. The minimum absolute atomic E-state index is 0.147. The largest absolute Gasteiger partial charge is 0.493 e. The molecule has 7 nitrogen and oxygen atoms in total. The number of aliphatic hydroxyl groups excluding tert-OH is 1. The zero-order valence-electron chi connectivity index (χ0n) is 17.5. The normalized spacial score (nSPS) is 19.8. The summed E-state index contributed by atoms with van der Waals surface area (Å²) in [5.41, 5.74) is 1.15. The van der Waals surface area contributed by atoms with E-state index in [1.54, 1.807) is 14.0 Å². The minimum atomic E-state index is -0.514. The Morgan fingerprint density at radius 3 is 2.48 bits per heavy atom. The van der Waals surface area contributed by atoms with Crippen LogP contribution in [-0.2, 0) is 11.3 Å². The summed E-state index contributed by atoms with van der Waals surface area (Å²) in [5.74, 6) is 3.76. The summed E-state index contributed by atoms with van der Waals surface area (Å²) in [4.78, 5) is 18.0. The van der Waals surface area contributed by atoms with Crippen molar-refractivity contribution in [1.82, 2.24) is 14.7 Å². The van der Waals surface area contributed by atoms with E-state index in [9.17, 15) is 9.90 Å². The van der Waals surface area contributed by atoms with Crippen molar-refractivity contribution in [2.45, 2.75) is 19.6 Å². The van der Waals surface area contributed by atoms with Gasteiger partial charge in [0.15, 0.2) is 11.5 Å². The zero-order chi connectivity index (χ0) is 20.6. The first-order valence-corrected chi connectivity index (χ1v) is 11.5. The Morgan fingerprint density at radius 1 is 1.10 bits per heavy atom. The standard InChI is InChI=1S/C21H33N3O4S/c1-17(25)24-7-5-22(6-8-24)14-18-3-4-20(21(13-18)27-2)28-16-19(26)15-23-9-11-29-12-10-23/h3-4,13,19,26H,5-12,14-16H2,1-2H3/t19-/m1/s1. The highest BCUT2D eigenvalue weighted by molar-refractivity contribution is 7.99. The van der Waals surface area contributed by atoms with Crippen LogP contribution in [0.5, 0.6) is 11.5 Å². The molecule has 2 aliphatic heterocycles. The predicted octanol–water partition coefficient (Wildman–Crippen LogP) is 1.15. The molecule has 0 saturated carbocycles.